The fourth-order valence-electron chi connectivity index (χ4n) is 1.89. The monoisotopic (exact) mass is 217 g/mol. The van der Waals surface area contributed by atoms with E-state index in [0.29, 0.717) is 19.6 Å². The minimum absolute atomic E-state index is 0.0178. The molecule has 88 valence electrons. The Morgan fingerprint density at radius 2 is 2.33 bits per heavy atom. The van der Waals surface area contributed by atoms with Crippen LogP contribution in [-0.4, -0.2) is 59.0 Å². The lowest BCUT2D eigenvalue weighted by atomic mass is 10.1. The third-order valence-corrected chi connectivity index (χ3v) is 2.27. The Bertz CT molecular complexity index is 243. The van der Waals surface area contributed by atoms with Crippen LogP contribution in [0.5, 0.6) is 0 Å². The fraction of sp³-hybridized carbons (Fsp3) is 0.889. The highest BCUT2D eigenvalue weighted by molar-refractivity contribution is 5.81. The van der Waals surface area contributed by atoms with Crippen molar-refractivity contribution in [2.45, 2.75) is 25.6 Å². The van der Waals surface area contributed by atoms with Crippen LogP contribution in [0.2, 0.25) is 0 Å². The first kappa shape index (κ1) is 12.2. The van der Waals surface area contributed by atoms with Crippen molar-refractivity contribution in [3.63, 3.8) is 0 Å². The molecular weight excluding hydrogens is 198 g/mol. The van der Waals surface area contributed by atoms with Gasteiger partial charge in [-0.1, -0.05) is 5.16 Å². The number of aliphatic hydroxyl groups is 1. The van der Waals surface area contributed by atoms with Gasteiger partial charge in [-0.3, -0.25) is 4.90 Å². The van der Waals surface area contributed by atoms with Crippen LogP contribution in [0.4, 0.5) is 0 Å². The second-order valence-corrected chi connectivity index (χ2v) is 4.44. The molecule has 1 aliphatic heterocycles. The van der Waals surface area contributed by atoms with Crippen molar-refractivity contribution in [2.24, 2.45) is 10.9 Å². The van der Waals surface area contributed by atoms with Gasteiger partial charge in [-0.15, -0.1) is 0 Å². The van der Waals surface area contributed by atoms with E-state index in [2.05, 4.69) is 5.16 Å². The molecule has 6 heteroatoms. The summed E-state index contributed by atoms with van der Waals surface area (Å²) < 4.78 is 5.63. The number of hydrogen-bond donors (Lipinski definition) is 3. The molecule has 0 radical (unpaired) electrons. The predicted molar refractivity (Wildman–Crippen MR) is 55.9 cm³/mol. The molecule has 0 spiro atoms. The first-order chi connectivity index (χ1) is 6.96. The van der Waals surface area contributed by atoms with Crippen molar-refractivity contribution >= 4 is 5.84 Å². The zero-order valence-corrected chi connectivity index (χ0v) is 9.18. The molecule has 0 amide bonds. The van der Waals surface area contributed by atoms with Gasteiger partial charge in [0.25, 0.3) is 0 Å². The Labute approximate surface area is 89.3 Å². The molecule has 4 N–H and O–H groups in total. The Balaban J connectivity index is 2.58. The Kier molecular flexibility index (Phi) is 3.90. The van der Waals surface area contributed by atoms with E-state index in [0.717, 1.165) is 0 Å². The van der Waals surface area contributed by atoms with Gasteiger partial charge in [0.1, 0.15) is 0 Å². The van der Waals surface area contributed by atoms with Gasteiger partial charge in [0.05, 0.1) is 24.9 Å². The average Bonchev–Trinajstić information content (AvgIpc) is 2.15. The summed E-state index contributed by atoms with van der Waals surface area (Å²) in [6.07, 6.45) is -0.208. The van der Waals surface area contributed by atoms with Gasteiger partial charge in [0.2, 0.25) is 0 Å². The van der Waals surface area contributed by atoms with Gasteiger partial charge >= 0.3 is 0 Å². The first-order valence-corrected chi connectivity index (χ1v) is 4.94. The predicted octanol–water partition coefficient (Wildman–Crippen LogP) is -0.795. The van der Waals surface area contributed by atoms with E-state index in [4.69, 9.17) is 20.8 Å². The van der Waals surface area contributed by atoms with Crippen molar-refractivity contribution in [3.05, 3.63) is 0 Å². The molecule has 6 nitrogen and oxygen atoms in total. The van der Waals surface area contributed by atoms with E-state index in [1.54, 1.807) is 0 Å². The Morgan fingerprint density at radius 3 is 2.87 bits per heavy atom. The van der Waals surface area contributed by atoms with Crippen LogP contribution < -0.4 is 5.73 Å². The quantitative estimate of drug-likeness (QED) is 0.249. The highest BCUT2D eigenvalue weighted by atomic mass is 16.5. The van der Waals surface area contributed by atoms with Gasteiger partial charge in [-0.05, 0) is 13.8 Å². The van der Waals surface area contributed by atoms with E-state index in [1.807, 2.05) is 18.7 Å². The molecular formula is C9H19N3O3. The molecule has 0 aromatic heterocycles. The number of rotatable bonds is 3. The SMILES string of the molecule is CC1(C)CN(CC(N)=NO)CC(CO)O1. The standard InChI is InChI=1S/C9H19N3O3/c1-9(2)6-12(4-8(10)11-14)3-7(5-13)15-9/h7,13-14H,3-6H2,1-2H3,(H2,10,11). The van der Waals surface area contributed by atoms with Gasteiger partial charge in [0.15, 0.2) is 5.84 Å². The van der Waals surface area contributed by atoms with Crippen LogP contribution in [0.25, 0.3) is 0 Å². The van der Waals surface area contributed by atoms with Gasteiger partial charge in [0, 0.05) is 13.1 Å². The second-order valence-electron chi connectivity index (χ2n) is 4.44. The number of morpholine rings is 1. The summed E-state index contributed by atoms with van der Waals surface area (Å²) in [7, 11) is 0. The lowest BCUT2D eigenvalue weighted by Crippen LogP contribution is -2.55. The highest BCUT2D eigenvalue weighted by Gasteiger charge is 2.33. The third kappa shape index (κ3) is 3.65. The van der Waals surface area contributed by atoms with Gasteiger partial charge < -0.3 is 20.8 Å². The van der Waals surface area contributed by atoms with Crippen LogP contribution in [0, 0.1) is 0 Å². The van der Waals surface area contributed by atoms with Crippen molar-refractivity contribution in [1.82, 2.24) is 4.90 Å². The molecule has 0 aromatic carbocycles. The molecule has 1 aliphatic rings. The largest absolute Gasteiger partial charge is 0.409 e. The fourth-order valence-corrected chi connectivity index (χ4v) is 1.89. The van der Waals surface area contributed by atoms with Crippen molar-refractivity contribution in [1.29, 1.82) is 0 Å². The normalized spacial score (nSPS) is 27.9. The van der Waals surface area contributed by atoms with Crippen LogP contribution >= 0.6 is 0 Å². The zero-order valence-electron chi connectivity index (χ0n) is 9.18. The lowest BCUT2D eigenvalue weighted by molar-refractivity contribution is -0.145. The first-order valence-electron chi connectivity index (χ1n) is 4.94. The third-order valence-electron chi connectivity index (χ3n) is 2.27. The molecule has 0 aliphatic carbocycles. The van der Waals surface area contributed by atoms with E-state index >= 15 is 0 Å². The van der Waals surface area contributed by atoms with Crippen molar-refractivity contribution in [3.8, 4) is 0 Å². The number of aliphatic hydroxyl groups excluding tert-OH is 1. The number of hydrogen-bond acceptors (Lipinski definition) is 5. The van der Waals surface area contributed by atoms with E-state index in [1.165, 1.54) is 0 Å². The molecule has 0 aromatic rings. The average molecular weight is 217 g/mol. The molecule has 1 fully saturated rings. The maximum atomic E-state index is 9.07. The number of nitrogens with two attached hydrogens (primary N) is 1. The molecule has 1 atom stereocenters. The summed E-state index contributed by atoms with van der Waals surface area (Å²) in [5.41, 5.74) is 5.12. The summed E-state index contributed by atoms with van der Waals surface area (Å²) in [4.78, 5) is 2.00. The smallest absolute Gasteiger partial charge is 0.153 e. The van der Waals surface area contributed by atoms with Crippen LogP contribution in [0.3, 0.4) is 0 Å². The second kappa shape index (κ2) is 4.78. The van der Waals surface area contributed by atoms with Crippen molar-refractivity contribution in [2.75, 3.05) is 26.2 Å². The molecule has 0 bridgehead atoms. The maximum absolute atomic E-state index is 9.07. The molecule has 0 saturated carbocycles. The van der Waals surface area contributed by atoms with E-state index in [9.17, 15) is 0 Å². The Morgan fingerprint density at radius 1 is 1.67 bits per heavy atom. The summed E-state index contributed by atoms with van der Waals surface area (Å²) in [5.74, 6) is 0.171. The topological polar surface area (TPSA) is 91.3 Å². The highest BCUT2D eigenvalue weighted by Crippen LogP contribution is 2.20. The lowest BCUT2D eigenvalue weighted by Gasteiger charge is -2.42. The van der Waals surface area contributed by atoms with Gasteiger partial charge in [-0.25, -0.2) is 0 Å². The summed E-state index contributed by atoms with van der Waals surface area (Å²) >= 11 is 0. The minimum atomic E-state index is -0.318. The minimum Gasteiger partial charge on any atom is -0.409 e. The van der Waals surface area contributed by atoms with E-state index in [-0.39, 0.29) is 24.1 Å². The molecule has 1 unspecified atom stereocenters. The number of amidine groups is 1. The van der Waals surface area contributed by atoms with Gasteiger partial charge in [-0.2, -0.15) is 0 Å². The number of nitrogens with zero attached hydrogens (tertiary/aromatic N) is 2. The molecule has 15 heavy (non-hydrogen) atoms. The molecule has 1 saturated heterocycles. The zero-order chi connectivity index (χ0) is 11.5. The summed E-state index contributed by atoms with van der Waals surface area (Å²) in [6.45, 7) is 5.56. The molecule has 1 rings (SSSR count). The van der Waals surface area contributed by atoms with Crippen LogP contribution in [0.15, 0.2) is 5.16 Å². The van der Waals surface area contributed by atoms with Crippen LogP contribution in [0.1, 0.15) is 13.8 Å². The Hall–Kier alpha value is -0.850. The summed E-state index contributed by atoms with van der Waals surface area (Å²) in [6, 6.07) is 0. The van der Waals surface area contributed by atoms with E-state index < -0.39 is 0 Å². The number of ether oxygens (including phenoxy) is 1. The molecule has 1 heterocycles. The number of oxime groups is 1. The summed E-state index contributed by atoms with van der Waals surface area (Å²) in [5, 5.41) is 20.5. The van der Waals surface area contributed by atoms with Crippen LogP contribution in [-0.2, 0) is 4.74 Å². The maximum Gasteiger partial charge on any atom is 0.153 e. The van der Waals surface area contributed by atoms with Crippen molar-refractivity contribution < 1.29 is 15.1 Å².